The molecular formula is C13H11BrF3NO2. The van der Waals surface area contributed by atoms with Crippen LogP contribution >= 0.6 is 15.9 Å². The minimum atomic E-state index is -4.69. The minimum absolute atomic E-state index is 0.257. The first-order valence-corrected chi connectivity index (χ1v) is 6.50. The Hall–Kier alpha value is -1.47. The second kappa shape index (κ2) is 6.32. The third-order valence-electron chi connectivity index (χ3n) is 2.43. The molecule has 0 fully saturated rings. The number of nitrogens with one attached hydrogen (secondary N) is 1. The topological polar surface area (TPSA) is 34.4 Å². The van der Waals surface area contributed by atoms with E-state index in [0.717, 1.165) is 11.3 Å². The highest BCUT2D eigenvalue weighted by Gasteiger charge is 2.31. The third kappa shape index (κ3) is 4.57. The molecule has 20 heavy (non-hydrogen) atoms. The van der Waals surface area contributed by atoms with Crippen molar-refractivity contribution in [2.45, 2.75) is 19.5 Å². The van der Waals surface area contributed by atoms with Gasteiger partial charge in [-0.25, -0.2) is 0 Å². The number of furan rings is 1. The van der Waals surface area contributed by atoms with E-state index in [9.17, 15) is 13.2 Å². The van der Waals surface area contributed by atoms with Crippen LogP contribution in [0, 0.1) is 0 Å². The Morgan fingerprint density at radius 3 is 2.60 bits per heavy atom. The normalized spacial score (nSPS) is 11.6. The molecule has 2 rings (SSSR count). The van der Waals surface area contributed by atoms with Crippen molar-refractivity contribution in [3.63, 3.8) is 0 Å². The Bertz CT molecular complexity index is 555. The maximum absolute atomic E-state index is 12.1. The smallest absolute Gasteiger partial charge is 0.468 e. The second-order valence-electron chi connectivity index (χ2n) is 4.00. The van der Waals surface area contributed by atoms with Gasteiger partial charge in [0.1, 0.15) is 11.5 Å². The number of ether oxygens (including phenoxy) is 1. The number of halogens is 4. The average molecular weight is 350 g/mol. The van der Waals surface area contributed by atoms with Crippen molar-refractivity contribution < 1.29 is 22.3 Å². The lowest BCUT2D eigenvalue weighted by Gasteiger charge is -2.11. The summed E-state index contributed by atoms with van der Waals surface area (Å²) in [5, 5.41) is 3.12. The van der Waals surface area contributed by atoms with Gasteiger partial charge < -0.3 is 14.5 Å². The second-order valence-corrected chi connectivity index (χ2v) is 4.85. The van der Waals surface area contributed by atoms with Crippen LogP contribution in [0.25, 0.3) is 0 Å². The van der Waals surface area contributed by atoms with Crippen molar-refractivity contribution >= 4 is 15.9 Å². The van der Waals surface area contributed by atoms with Gasteiger partial charge in [-0.1, -0.05) is 6.07 Å². The Morgan fingerprint density at radius 1 is 1.20 bits per heavy atom. The van der Waals surface area contributed by atoms with Crippen molar-refractivity contribution in [1.82, 2.24) is 5.32 Å². The van der Waals surface area contributed by atoms with E-state index in [1.165, 1.54) is 6.07 Å². The van der Waals surface area contributed by atoms with Crippen LogP contribution in [-0.2, 0) is 13.1 Å². The summed E-state index contributed by atoms with van der Waals surface area (Å²) in [7, 11) is 0. The van der Waals surface area contributed by atoms with Crippen LogP contribution in [0.15, 0.2) is 45.5 Å². The highest BCUT2D eigenvalue weighted by molar-refractivity contribution is 9.10. The van der Waals surface area contributed by atoms with Crippen LogP contribution in [0.3, 0.4) is 0 Å². The molecule has 0 aliphatic heterocycles. The summed E-state index contributed by atoms with van der Waals surface area (Å²) in [5.74, 6) is 0.536. The summed E-state index contributed by atoms with van der Waals surface area (Å²) >= 11 is 3.06. The van der Waals surface area contributed by atoms with Gasteiger partial charge in [-0.2, -0.15) is 0 Å². The first kappa shape index (κ1) is 14.9. The van der Waals surface area contributed by atoms with Crippen LogP contribution in [0.1, 0.15) is 11.3 Å². The molecule has 1 aromatic carbocycles. The van der Waals surface area contributed by atoms with Gasteiger partial charge in [-0.05, 0) is 45.8 Å². The zero-order valence-electron chi connectivity index (χ0n) is 10.2. The molecule has 3 nitrogen and oxygen atoms in total. The molecule has 1 N–H and O–H groups in total. The fourth-order valence-electron chi connectivity index (χ4n) is 1.60. The van der Waals surface area contributed by atoms with Crippen LogP contribution in [0.4, 0.5) is 13.2 Å². The van der Waals surface area contributed by atoms with E-state index in [2.05, 4.69) is 26.0 Å². The molecule has 2 aromatic rings. The molecule has 7 heteroatoms. The molecular weight excluding hydrogens is 339 g/mol. The van der Waals surface area contributed by atoms with Crippen molar-refractivity contribution in [3.8, 4) is 5.75 Å². The van der Waals surface area contributed by atoms with E-state index in [-0.39, 0.29) is 10.2 Å². The fraction of sp³-hybridized carbons (Fsp3) is 0.231. The van der Waals surface area contributed by atoms with Crippen molar-refractivity contribution in [3.05, 3.63) is 52.4 Å². The van der Waals surface area contributed by atoms with Gasteiger partial charge in [-0.3, -0.25) is 0 Å². The monoisotopic (exact) mass is 349 g/mol. The number of alkyl halides is 3. The Morgan fingerprint density at radius 2 is 2.00 bits per heavy atom. The zero-order valence-corrected chi connectivity index (χ0v) is 11.8. The summed E-state index contributed by atoms with van der Waals surface area (Å²) in [5.41, 5.74) is 0.831. The molecule has 0 unspecified atom stereocenters. The number of hydrogen-bond acceptors (Lipinski definition) is 3. The Labute approximate surface area is 121 Å². The van der Waals surface area contributed by atoms with Gasteiger partial charge in [0, 0.05) is 6.54 Å². The zero-order chi connectivity index (χ0) is 14.6. The van der Waals surface area contributed by atoms with Gasteiger partial charge in [0.05, 0.1) is 17.3 Å². The van der Waals surface area contributed by atoms with Crippen LogP contribution < -0.4 is 10.1 Å². The molecule has 0 radical (unpaired) electrons. The molecule has 0 bridgehead atoms. The standard InChI is InChI=1S/C13H11BrF3NO2/c14-11-6-9(3-4-12(11)20-13(15,16)17)7-18-8-10-2-1-5-19-10/h1-6,18H,7-8H2. The summed E-state index contributed by atoms with van der Waals surface area (Å²) < 4.78 is 45.6. The van der Waals surface area contributed by atoms with Gasteiger partial charge in [-0.15, -0.1) is 13.2 Å². The van der Waals surface area contributed by atoms with Gasteiger partial charge in [0.25, 0.3) is 0 Å². The molecule has 0 saturated carbocycles. The number of benzene rings is 1. The molecule has 0 aliphatic carbocycles. The van der Waals surface area contributed by atoms with Crippen molar-refractivity contribution in [1.29, 1.82) is 0 Å². The van der Waals surface area contributed by atoms with Crippen molar-refractivity contribution in [2.75, 3.05) is 0 Å². The van der Waals surface area contributed by atoms with E-state index in [4.69, 9.17) is 4.42 Å². The highest BCUT2D eigenvalue weighted by atomic mass is 79.9. The Kier molecular flexibility index (Phi) is 4.72. The summed E-state index contributed by atoms with van der Waals surface area (Å²) in [6.45, 7) is 1.05. The maximum atomic E-state index is 12.1. The third-order valence-corrected chi connectivity index (χ3v) is 3.05. The average Bonchev–Trinajstić information content (AvgIpc) is 2.84. The van der Waals surface area contributed by atoms with Crippen LogP contribution in [0.5, 0.6) is 5.75 Å². The molecule has 0 aliphatic rings. The van der Waals surface area contributed by atoms with Gasteiger partial charge >= 0.3 is 6.36 Å². The maximum Gasteiger partial charge on any atom is 0.573 e. The van der Waals surface area contributed by atoms with E-state index < -0.39 is 6.36 Å². The molecule has 0 amide bonds. The molecule has 108 valence electrons. The molecule has 0 atom stereocenters. The molecule has 1 heterocycles. The lowest BCUT2D eigenvalue weighted by atomic mass is 10.2. The SMILES string of the molecule is FC(F)(F)Oc1ccc(CNCc2ccco2)cc1Br. The number of hydrogen-bond donors (Lipinski definition) is 1. The predicted octanol–water partition coefficient (Wildman–Crippen LogP) is 4.23. The lowest BCUT2D eigenvalue weighted by Crippen LogP contribution is -2.17. The summed E-state index contributed by atoms with van der Waals surface area (Å²) in [6, 6.07) is 8.05. The largest absolute Gasteiger partial charge is 0.573 e. The summed E-state index contributed by atoms with van der Waals surface area (Å²) in [6.07, 6.45) is -3.11. The first-order chi connectivity index (χ1) is 9.44. The van der Waals surface area contributed by atoms with Crippen LogP contribution in [0.2, 0.25) is 0 Å². The van der Waals surface area contributed by atoms with E-state index in [0.29, 0.717) is 13.1 Å². The van der Waals surface area contributed by atoms with Crippen molar-refractivity contribution in [2.24, 2.45) is 0 Å². The fourth-order valence-corrected chi connectivity index (χ4v) is 2.11. The Balaban J connectivity index is 1.91. The van der Waals surface area contributed by atoms with E-state index in [1.807, 2.05) is 6.07 Å². The molecule has 1 aromatic heterocycles. The highest BCUT2D eigenvalue weighted by Crippen LogP contribution is 2.31. The van der Waals surface area contributed by atoms with Crippen LogP contribution in [-0.4, -0.2) is 6.36 Å². The molecule has 0 saturated heterocycles. The first-order valence-electron chi connectivity index (χ1n) is 5.71. The number of rotatable bonds is 5. The minimum Gasteiger partial charge on any atom is -0.468 e. The predicted molar refractivity (Wildman–Crippen MR) is 70.1 cm³/mol. The quantitative estimate of drug-likeness (QED) is 0.876. The molecule has 0 spiro atoms. The van der Waals surface area contributed by atoms with E-state index >= 15 is 0 Å². The lowest BCUT2D eigenvalue weighted by molar-refractivity contribution is -0.274. The van der Waals surface area contributed by atoms with Gasteiger partial charge in [0.2, 0.25) is 0 Å². The van der Waals surface area contributed by atoms with Gasteiger partial charge in [0.15, 0.2) is 0 Å². The summed E-state index contributed by atoms with van der Waals surface area (Å²) in [4.78, 5) is 0. The van der Waals surface area contributed by atoms with E-state index in [1.54, 1.807) is 24.5 Å².